The molecule has 0 rings (SSSR count). The molecular weight excluding hydrogens is 312 g/mol. The molecule has 0 saturated carbocycles. The number of halogens is 7. The second kappa shape index (κ2) is 4.87. The average molecular weight is 320 g/mol. The van der Waals surface area contributed by atoms with Crippen LogP contribution in [0.2, 0.25) is 0 Å². The largest absolute Gasteiger partial charge is 0.790 e. The van der Waals surface area contributed by atoms with Crippen molar-refractivity contribution in [3.05, 3.63) is 0 Å². The van der Waals surface area contributed by atoms with Crippen molar-refractivity contribution in [2.24, 2.45) is 0 Å². The molecular formula is C7H8F7O4P-2. The summed E-state index contributed by atoms with van der Waals surface area (Å²) in [6.45, 7) is 0.936. The topological polar surface area (TPSA) is 72.4 Å². The molecule has 0 aliphatic heterocycles. The molecule has 0 aliphatic rings. The third kappa shape index (κ3) is 4.90. The zero-order chi connectivity index (χ0) is 15.9. The van der Waals surface area contributed by atoms with E-state index in [2.05, 4.69) is 4.52 Å². The Balaban J connectivity index is 5.21. The van der Waals surface area contributed by atoms with Gasteiger partial charge in [-0.05, 0) is 13.8 Å². The minimum absolute atomic E-state index is 0.468. The molecule has 0 amide bonds. The minimum atomic E-state index is -6.54. The Labute approximate surface area is 102 Å². The molecule has 0 aliphatic carbocycles. The van der Waals surface area contributed by atoms with Gasteiger partial charge < -0.3 is 18.9 Å². The van der Waals surface area contributed by atoms with E-state index in [-0.39, 0.29) is 0 Å². The summed E-state index contributed by atoms with van der Waals surface area (Å²) >= 11 is 0. The van der Waals surface area contributed by atoms with Gasteiger partial charge in [0.1, 0.15) is 0 Å². The molecule has 0 radical (unpaired) electrons. The summed E-state index contributed by atoms with van der Waals surface area (Å²) in [5, 5.41) is 0. The van der Waals surface area contributed by atoms with Crippen LogP contribution >= 0.6 is 7.82 Å². The lowest BCUT2D eigenvalue weighted by Crippen LogP contribution is -2.54. The maximum Gasteiger partial charge on any atom is 0.459 e. The molecule has 116 valence electrons. The summed E-state index contributed by atoms with van der Waals surface area (Å²) in [4.78, 5) is 20.3. The van der Waals surface area contributed by atoms with Crippen LogP contribution in [0, 0.1) is 0 Å². The highest BCUT2D eigenvalue weighted by Crippen LogP contribution is 2.51. The minimum Gasteiger partial charge on any atom is -0.790 e. The van der Waals surface area contributed by atoms with Gasteiger partial charge in [0, 0.05) is 6.42 Å². The van der Waals surface area contributed by atoms with Crippen LogP contribution in [0.5, 0.6) is 0 Å². The molecule has 0 aromatic heterocycles. The number of alkyl halides is 7. The van der Waals surface area contributed by atoms with E-state index in [1.54, 1.807) is 0 Å². The molecule has 0 aromatic carbocycles. The normalized spacial score (nSPS) is 15.7. The van der Waals surface area contributed by atoms with Gasteiger partial charge in [0.05, 0.1) is 13.4 Å². The standard InChI is InChI=1S/C7H10F7O4P/c1-4(2,18-19(15,16)17)3-5(8,9)6(10,11)7(12,13)14/h3H2,1-2H3,(H2,15,16,17)/p-2. The Kier molecular flexibility index (Phi) is 4.77. The second-order valence-electron chi connectivity index (χ2n) is 4.25. The highest BCUT2D eigenvalue weighted by molar-refractivity contribution is 7.43. The van der Waals surface area contributed by atoms with Crippen molar-refractivity contribution >= 4 is 7.82 Å². The molecule has 0 saturated heterocycles. The molecule has 0 atom stereocenters. The first-order chi connectivity index (χ1) is 7.91. The highest BCUT2D eigenvalue weighted by atomic mass is 31.2. The maximum atomic E-state index is 12.9. The Morgan fingerprint density at radius 2 is 1.37 bits per heavy atom. The lowest BCUT2D eigenvalue weighted by atomic mass is 9.96. The van der Waals surface area contributed by atoms with E-state index in [9.17, 15) is 45.1 Å². The summed E-state index contributed by atoms with van der Waals surface area (Å²) in [6.07, 6.45) is -8.85. The Bertz CT molecular complexity index is 372. The predicted octanol–water partition coefficient (Wildman–Crippen LogP) is 1.83. The first kappa shape index (κ1) is 18.6. The van der Waals surface area contributed by atoms with Crippen LogP contribution in [0.25, 0.3) is 0 Å². The van der Waals surface area contributed by atoms with Gasteiger partial charge in [-0.1, -0.05) is 0 Å². The van der Waals surface area contributed by atoms with E-state index in [0.29, 0.717) is 13.8 Å². The van der Waals surface area contributed by atoms with Crippen molar-refractivity contribution in [1.82, 2.24) is 0 Å². The number of hydrogen-bond acceptors (Lipinski definition) is 4. The number of phosphoric acid groups is 1. The molecule has 4 nitrogen and oxygen atoms in total. The van der Waals surface area contributed by atoms with Gasteiger partial charge in [0.2, 0.25) is 0 Å². The zero-order valence-electron chi connectivity index (χ0n) is 9.43. The average Bonchev–Trinajstić information content (AvgIpc) is 1.92. The number of rotatable bonds is 5. The van der Waals surface area contributed by atoms with Gasteiger partial charge in [-0.15, -0.1) is 0 Å². The van der Waals surface area contributed by atoms with Crippen LogP contribution in [0.15, 0.2) is 0 Å². The molecule has 12 heteroatoms. The Morgan fingerprint density at radius 3 is 1.63 bits per heavy atom. The summed E-state index contributed by atoms with van der Waals surface area (Å²) < 4.78 is 100.0. The van der Waals surface area contributed by atoms with Gasteiger partial charge in [0.15, 0.2) is 0 Å². The third-order valence-electron chi connectivity index (χ3n) is 1.82. The number of phosphoric ester groups is 1. The van der Waals surface area contributed by atoms with Gasteiger partial charge >= 0.3 is 18.0 Å². The fourth-order valence-electron chi connectivity index (χ4n) is 1.19. The van der Waals surface area contributed by atoms with E-state index in [1.807, 2.05) is 0 Å². The monoisotopic (exact) mass is 320 g/mol. The van der Waals surface area contributed by atoms with Crippen LogP contribution in [0.1, 0.15) is 20.3 Å². The van der Waals surface area contributed by atoms with E-state index in [0.717, 1.165) is 0 Å². The SMILES string of the molecule is CC(C)(CC(F)(F)C(F)(F)C(F)(F)F)OP(=O)([O-])[O-]. The Morgan fingerprint density at radius 1 is 1.00 bits per heavy atom. The fourth-order valence-corrected chi connectivity index (χ4v) is 1.86. The van der Waals surface area contributed by atoms with Crippen molar-refractivity contribution in [1.29, 1.82) is 0 Å². The summed E-state index contributed by atoms with van der Waals surface area (Å²) in [6, 6.07) is 0. The van der Waals surface area contributed by atoms with Crippen molar-refractivity contribution < 1.29 is 49.6 Å². The van der Waals surface area contributed by atoms with E-state index >= 15 is 0 Å². The first-order valence-corrected chi connectivity index (χ1v) is 5.92. The van der Waals surface area contributed by atoms with Crippen molar-refractivity contribution in [3.8, 4) is 0 Å². The van der Waals surface area contributed by atoms with Gasteiger partial charge in [-0.2, -0.15) is 30.7 Å². The summed E-state index contributed by atoms with van der Waals surface area (Å²) in [5.74, 6) is -12.0. The lowest BCUT2D eigenvalue weighted by Gasteiger charge is -2.40. The third-order valence-corrected chi connectivity index (χ3v) is 2.54. The first-order valence-electron chi connectivity index (χ1n) is 4.46. The van der Waals surface area contributed by atoms with Crippen molar-refractivity contribution in [3.63, 3.8) is 0 Å². The molecule has 0 spiro atoms. The van der Waals surface area contributed by atoms with Gasteiger partial charge in [-0.3, -0.25) is 0 Å². The zero-order valence-corrected chi connectivity index (χ0v) is 10.3. The molecule has 19 heavy (non-hydrogen) atoms. The van der Waals surface area contributed by atoms with E-state index < -0.39 is 37.9 Å². The van der Waals surface area contributed by atoms with Crippen molar-refractivity contribution in [2.45, 2.75) is 43.9 Å². The van der Waals surface area contributed by atoms with E-state index in [4.69, 9.17) is 0 Å². The second-order valence-corrected chi connectivity index (χ2v) is 5.33. The molecule has 0 unspecified atom stereocenters. The van der Waals surface area contributed by atoms with Crippen LogP contribution in [-0.4, -0.2) is 23.6 Å². The highest BCUT2D eigenvalue weighted by Gasteiger charge is 2.73. The predicted molar refractivity (Wildman–Crippen MR) is 43.3 cm³/mol. The quantitative estimate of drug-likeness (QED) is 0.572. The van der Waals surface area contributed by atoms with Crippen LogP contribution in [-0.2, 0) is 9.09 Å². The molecule has 0 fully saturated rings. The maximum absolute atomic E-state index is 12.9. The fraction of sp³-hybridized carbons (Fsp3) is 1.00. The van der Waals surface area contributed by atoms with Crippen molar-refractivity contribution in [2.75, 3.05) is 0 Å². The number of hydrogen-bond donors (Lipinski definition) is 0. The molecule has 0 aromatic rings. The summed E-state index contributed by atoms with van der Waals surface area (Å²) in [7, 11) is -5.83. The molecule has 0 bridgehead atoms. The van der Waals surface area contributed by atoms with E-state index in [1.165, 1.54) is 0 Å². The van der Waals surface area contributed by atoms with Crippen LogP contribution in [0.4, 0.5) is 30.7 Å². The molecule has 0 heterocycles. The van der Waals surface area contributed by atoms with Gasteiger partial charge in [0.25, 0.3) is 0 Å². The van der Waals surface area contributed by atoms with Crippen LogP contribution in [0.3, 0.4) is 0 Å². The Hall–Kier alpha value is -0.380. The van der Waals surface area contributed by atoms with Crippen LogP contribution < -0.4 is 9.79 Å². The smallest absolute Gasteiger partial charge is 0.459 e. The lowest BCUT2D eigenvalue weighted by molar-refractivity contribution is -0.367. The summed E-state index contributed by atoms with van der Waals surface area (Å²) in [5.41, 5.74) is -2.72. The van der Waals surface area contributed by atoms with Gasteiger partial charge in [-0.25, -0.2) is 0 Å². The molecule has 0 N–H and O–H groups in total.